The van der Waals surface area contributed by atoms with E-state index in [0.717, 1.165) is 16.8 Å². The van der Waals surface area contributed by atoms with Crippen LogP contribution in [0.25, 0.3) is 0 Å². The van der Waals surface area contributed by atoms with Gasteiger partial charge in [-0.2, -0.15) is 0 Å². The van der Waals surface area contributed by atoms with Crippen LogP contribution in [0.1, 0.15) is 17.5 Å². The summed E-state index contributed by atoms with van der Waals surface area (Å²) in [5.74, 6) is 0.899. The van der Waals surface area contributed by atoms with Crippen molar-refractivity contribution in [3.8, 4) is 11.5 Å². The van der Waals surface area contributed by atoms with Gasteiger partial charge < -0.3 is 20.1 Å². The number of ether oxygens (including phenoxy) is 2. The fraction of sp³-hybridized carbons (Fsp3) is 0.286. The highest BCUT2D eigenvalue weighted by molar-refractivity contribution is 8.15. The van der Waals surface area contributed by atoms with Crippen molar-refractivity contribution in [2.45, 2.75) is 25.5 Å². The fourth-order valence-corrected chi connectivity index (χ4v) is 4.04. The molecule has 2 heterocycles. The number of amides is 2. The Morgan fingerprint density at radius 1 is 1.17 bits per heavy atom. The molecule has 0 saturated carbocycles. The fourth-order valence-electron chi connectivity index (χ4n) is 3.05. The number of aliphatic imine (C=N–C) groups is 1. The van der Waals surface area contributed by atoms with E-state index in [4.69, 9.17) is 9.47 Å². The zero-order valence-electron chi connectivity index (χ0n) is 16.2. The number of hydrogen-bond donors (Lipinski definition) is 2. The minimum Gasteiger partial charge on any atom is -0.486 e. The second-order valence-corrected chi connectivity index (χ2v) is 8.10. The zero-order valence-corrected chi connectivity index (χ0v) is 17.0. The molecule has 0 aliphatic carbocycles. The van der Waals surface area contributed by atoms with Gasteiger partial charge in [-0.15, -0.1) is 0 Å². The van der Waals surface area contributed by atoms with E-state index >= 15 is 0 Å². The van der Waals surface area contributed by atoms with Crippen LogP contribution in [0.4, 0.5) is 11.4 Å². The van der Waals surface area contributed by atoms with Crippen LogP contribution in [0, 0.1) is 13.8 Å². The molecule has 2 aromatic rings. The summed E-state index contributed by atoms with van der Waals surface area (Å²) in [6.07, 6.45) is 0.0735. The van der Waals surface area contributed by atoms with Gasteiger partial charge >= 0.3 is 0 Å². The van der Waals surface area contributed by atoms with E-state index in [9.17, 15) is 9.59 Å². The Hall–Kier alpha value is -3.00. The zero-order chi connectivity index (χ0) is 20.4. The van der Waals surface area contributed by atoms with Crippen LogP contribution >= 0.6 is 11.8 Å². The monoisotopic (exact) mass is 411 g/mol. The molecular weight excluding hydrogens is 390 g/mol. The Bertz CT molecular complexity index is 1010. The molecule has 0 radical (unpaired) electrons. The summed E-state index contributed by atoms with van der Waals surface area (Å²) in [5.41, 5.74) is 3.46. The number of hydrogen-bond acceptors (Lipinski definition) is 6. The first-order valence-electron chi connectivity index (χ1n) is 9.31. The number of anilines is 1. The van der Waals surface area contributed by atoms with Crippen LogP contribution in [0.5, 0.6) is 11.5 Å². The van der Waals surface area contributed by atoms with E-state index in [0.29, 0.717) is 35.6 Å². The molecular formula is C21H21N3O4S. The molecule has 1 atom stereocenters. The van der Waals surface area contributed by atoms with Crippen molar-refractivity contribution < 1.29 is 19.1 Å². The highest BCUT2D eigenvalue weighted by Gasteiger charge is 2.32. The van der Waals surface area contributed by atoms with Gasteiger partial charge in [0.05, 0.1) is 5.69 Å². The largest absolute Gasteiger partial charge is 0.486 e. The molecule has 8 heteroatoms. The number of amidine groups is 1. The van der Waals surface area contributed by atoms with E-state index in [1.54, 1.807) is 18.2 Å². The SMILES string of the molecule is Cc1ccc(C)c(NC(=O)CC2SC(=Nc3ccc4c(c3)OCCO4)NC2=O)c1. The maximum atomic E-state index is 12.4. The quantitative estimate of drug-likeness (QED) is 0.806. The van der Waals surface area contributed by atoms with Gasteiger partial charge in [0, 0.05) is 18.2 Å². The first-order chi connectivity index (χ1) is 14.0. The number of benzene rings is 2. The maximum absolute atomic E-state index is 12.4. The lowest BCUT2D eigenvalue weighted by atomic mass is 10.1. The van der Waals surface area contributed by atoms with Crippen molar-refractivity contribution in [1.29, 1.82) is 0 Å². The van der Waals surface area contributed by atoms with Crippen molar-refractivity contribution in [2.75, 3.05) is 18.5 Å². The average molecular weight is 411 g/mol. The van der Waals surface area contributed by atoms with Crippen molar-refractivity contribution >= 4 is 40.1 Å². The van der Waals surface area contributed by atoms with E-state index < -0.39 is 5.25 Å². The second kappa shape index (κ2) is 8.16. The lowest BCUT2D eigenvalue weighted by Gasteiger charge is -2.18. The molecule has 7 nitrogen and oxygen atoms in total. The number of carbonyl (C=O) groups is 2. The minimum atomic E-state index is -0.518. The number of rotatable bonds is 4. The standard InChI is InChI=1S/C21H21N3O4S/c1-12-3-4-13(2)15(9-12)23-19(25)11-18-20(26)24-21(29-18)22-14-5-6-16-17(10-14)28-8-7-27-16/h3-6,9-10,18H,7-8,11H2,1-2H3,(H,23,25)(H,22,24,26). The number of thioether (sulfide) groups is 1. The summed E-state index contributed by atoms with van der Waals surface area (Å²) in [4.78, 5) is 29.2. The van der Waals surface area contributed by atoms with Crippen LogP contribution in [0.2, 0.25) is 0 Å². The number of carbonyl (C=O) groups excluding carboxylic acids is 2. The van der Waals surface area contributed by atoms with Crippen LogP contribution in [-0.2, 0) is 9.59 Å². The number of aryl methyl sites for hydroxylation is 2. The van der Waals surface area contributed by atoms with Crippen LogP contribution < -0.4 is 20.1 Å². The molecule has 29 heavy (non-hydrogen) atoms. The van der Waals surface area contributed by atoms with Gasteiger partial charge in [-0.1, -0.05) is 23.9 Å². The van der Waals surface area contributed by atoms with Gasteiger partial charge in [-0.25, -0.2) is 4.99 Å². The molecule has 0 spiro atoms. The predicted molar refractivity (Wildman–Crippen MR) is 113 cm³/mol. The molecule has 2 amide bonds. The van der Waals surface area contributed by atoms with Crippen molar-refractivity contribution in [2.24, 2.45) is 4.99 Å². The molecule has 2 aliphatic rings. The van der Waals surface area contributed by atoms with Crippen molar-refractivity contribution in [3.63, 3.8) is 0 Å². The van der Waals surface area contributed by atoms with E-state index in [1.807, 2.05) is 32.0 Å². The van der Waals surface area contributed by atoms with Crippen LogP contribution in [-0.4, -0.2) is 35.4 Å². The topological polar surface area (TPSA) is 89.0 Å². The van der Waals surface area contributed by atoms with Gasteiger partial charge in [0.2, 0.25) is 11.8 Å². The molecule has 1 unspecified atom stereocenters. The Balaban J connectivity index is 1.40. The molecule has 0 aromatic heterocycles. The second-order valence-electron chi connectivity index (χ2n) is 6.91. The molecule has 2 N–H and O–H groups in total. The molecule has 1 saturated heterocycles. The Labute approximate surface area is 172 Å². The number of nitrogens with one attached hydrogen (secondary N) is 2. The molecule has 0 bridgehead atoms. The normalized spacial score (nSPS) is 19.2. The molecule has 1 fully saturated rings. The van der Waals surface area contributed by atoms with Gasteiger partial charge in [-0.05, 0) is 43.2 Å². The third kappa shape index (κ3) is 4.54. The van der Waals surface area contributed by atoms with Crippen molar-refractivity contribution in [1.82, 2.24) is 5.32 Å². The lowest BCUT2D eigenvalue weighted by Crippen LogP contribution is -2.28. The number of nitrogens with zero attached hydrogens (tertiary/aromatic N) is 1. The Morgan fingerprint density at radius 3 is 2.79 bits per heavy atom. The lowest BCUT2D eigenvalue weighted by molar-refractivity contribution is -0.122. The van der Waals surface area contributed by atoms with Gasteiger partial charge in [0.25, 0.3) is 0 Å². The van der Waals surface area contributed by atoms with E-state index in [2.05, 4.69) is 15.6 Å². The van der Waals surface area contributed by atoms with Gasteiger partial charge in [0.15, 0.2) is 16.7 Å². The first kappa shape index (κ1) is 19.3. The predicted octanol–water partition coefficient (Wildman–Crippen LogP) is 3.32. The smallest absolute Gasteiger partial charge is 0.240 e. The summed E-state index contributed by atoms with van der Waals surface area (Å²) in [5, 5.41) is 5.59. The molecule has 2 aromatic carbocycles. The summed E-state index contributed by atoms with van der Waals surface area (Å²) in [6, 6.07) is 11.2. The molecule has 4 rings (SSSR count). The van der Waals surface area contributed by atoms with Gasteiger partial charge in [0.1, 0.15) is 18.5 Å². The summed E-state index contributed by atoms with van der Waals surface area (Å²) < 4.78 is 11.1. The third-order valence-electron chi connectivity index (χ3n) is 4.57. The van der Waals surface area contributed by atoms with Crippen LogP contribution in [0.15, 0.2) is 41.4 Å². The highest BCUT2D eigenvalue weighted by atomic mass is 32.2. The Morgan fingerprint density at radius 2 is 1.97 bits per heavy atom. The summed E-state index contributed by atoms with van der Waals surface area (Å²) in [6.45, 7) is 4.93. The van der Waals surface area contributed by atoms with E-state index in [-0.39, 0.29) is 18.2 Å². The average Bonchev–Trinajstić information content (AvgIpc) is 3.03. The summed E-state index contributed by atoms with van der Waals surface area (Å²) >= 11 is 1.25. The van der Waals surface area contributed by atoms with Crippen molar-refractivity contribution in [3.05, 3.63) is 47.5 Å². The number of fused-ring (bicyclic) bond motifs is 1. The van der Waals surface area contributed by atoms with Crippen LogP contribution in [0.3, 0.4) is 0 Å². The maximum Gasteiger partial charge on any atom is 0.240 e. The molecule has 2 aliphatic heterocycles. The highest BCUT2D eigenvalue weighted by Crippen LogP contribution is 2.34. The first-order valence-corrected chi connectivity index (χ1v) is 10.2. The Kier molecular flexibility index (Phi) is 5.44. The van der Waals surface area contributed by atoms with Gasteiger partial charge in [-0.3, -0.25) is 9.59 Å². The summed E-state index contributed by atoms with van der Waals surface area (Å²) in [7, 11) is 0. The third-order valence-corrected chi connectivity index (χ3v) is 5.65. The minimum absolute atomic E-state index is 0.0735. The van der Waals surface area contributed by atoms with E-state index in [1.165, 1.54) is 11.8 Å². The molecule has 150 valence electrons.